The van der Waals surface area contributed by atoms with E-state index in [4.69, 9.17) is 12.2 Å². The van der Waals surface area contributed by atoms with Crippen LogP contribution >= 0.6 is 12.2 Å². The van der Waals surface area contributed by atoms with Crippen LogP contribution in [0.5, 0.6) is 0 Å². The molecule has 0 fully saturated rings. The number of hydrazone groups is 2. The second-order valence-corrected chi connectivity index (χ2v) is 5.09. The summed E-state index contributed by atoms with van der Waals surface area (Å²) in [6.07, 6.45) is 0. The number of thiocarbonyl (C=S) groups is 1. The van der Waals surface area contributed by atoms with E-state index in [2.05, 4.69) is 21.1 Å². The lowest BCUT2D eigenvalue weighted by atomic mass is 10.1. The fraction of sp³-hybridized carbons (Fsp3) is 0.118. The van der Waals surface area contributed by atoms with Gasteiger partial charge in [0.2, 0.25) is 5.11 Å². The van der Waals surface area contributed by atoms with E-state index in [1.807, 2.05) is 74.5 Å². The van der Waals surface area contributed by atoms with E-state index >= 15 is 0 Å². The Morgan fingerprint density at radius 1 is 0.727 bits per heavy atom. The quantitative estimate of drug-likeness (QED) is 0.517. The maximum absolute atomic E-state index is 5.15. The minimum Gasteiger partial charge on any atom is -0.252 e. The molecule has 2 rings (SSSR count). The van der Waals surface area contributed by atoms with E-state index < -0.39 is 0 Å². The fourth-order valence-electron chi connectivity index (χ4n) is 1.78. The van der Waals surface area contributed by atoms with Gasteiger partial charge in [0.1, 0.15) is 0 Å². The van der Waals surface area contributed by atoms with Crippen LogP contribution < -0.4 is 10.9 Å². The van der Waals surface area contributed by atoms with Crippen molar-refractivity contribution in [2.75, 3.05) is 0 Å². The van der Waals surface area contributed by atoms with Gasteiger partial charge in [0, 0.05) is 0 Å². The van der Waals surface area contributed by atoms with E-state index in [0.717, 1.165) is 22.6 Å². The summed E-state index contributed by atoms with van der Waals surface area (Å²) >= 11 is 5.15. The summed E-state index contributed by atoms with van der Waals surface area (Å²) in [6.45, 7) is 3.84. The second kappa shape index (κ2) is 8.05. The number of hydrogen-bond donors (Lipinski definition) is 2. The standard InChI is InChI=1S/C17H18N4S/c1-13(15-9-5-3-6-10-15)18-20-17(22)21-19-14(2)16-11-7-4-8-12-16/h3-12H,1-2H3,(H2,20,21,22)/b18-13-,19-14-. The molecular weight excluding hydrogens is 292 g/mol. The predicted octanol–water partition coefficient (Wildman–Crippen LogP) is 3.30. The van der Waals surface area contributed by atoms with E-state index in [1.54, 1.807) is 0 Å². The van der Waals surface area contributed by atoms with Crippen molar-refractivity contribution < 1.29 is 0 Å². The Kier molecular flexibility index (Phi) is 5.80. The third-order valence-corrected chi connectivity index (χ3v) is 3.22. The van der Waals surface area contributed by atoms with Gasteiger partial charge in [-0.15, -0.1) is 0 Å². The molecule has 0 amide bonds. The average Bonchev–Trinajstić information content (AvgIpc) is 2.59. The molecule has 0 spiro atoms. The highest BCUT2D eigenvalue weighted by molar-refractivity contribution is 7.80. The number of benzene rings is 2. The number of nitrogens with zero attached hydrogens (tertiary/aromatic N) is 2. The van der Waals surface area contributed by atoms with Gasteiger partial charge < -0.3 is 0 Å². The van der Waals surface area contributed by atoms with Crippen LogP contribution in [0.4, 0.5) is 0 Å². The van der Waals surface area contributed by atoms with E-state index in [-0.39, 0.29) is 0 Å². The first kappa shape index (κ1) is 15.9. The van der Waals surface area contributed by atoms with Crippen LogP contribution in [-0.2, 0) is 0 Å². The monoisotopic (exact) mass is 310 g/mol. The maximum Gasteiger partial charge on any atom is 0.207 e. The summed E-state index contributed by atoms with van der Waals surface area (Å²) in [5.74, 6) is 0. The fourth-order valence-corrected chi connectivity index (χ4v) is 1.87. The Bertz CT molecular complexity index is 619. The summed E-state index contributed by atoms with van der Waals surface area (Å²) in [5.41, 5.74) is 9.37. The average molecular weight is 310 g/mol. The van der Waals surface area contributed by atoms with Gasteiger partial charge in [-0.2, -0.15) is 10.2 Å². The van der Waals surface area contributed by atoms with Crippen molar-refractivity contribution in [1.82, 2.24) is 10.9 Å². The molecule has 0 unspecified atom stereocenters. The summed E-state index contributed by atoms with van der Waals surface area (Å²) < 4.78 is 0. The lowest BCUT2D eigenvalue weighted by molar-refractivity contribution is 0.925. The zero-order valence-corrected chi connectivity index (χ0v) is 13.4. The number of hydrogen-bond acceptors (Lipinski definition) is 3. The zero-order valence-electron chi connectivity index (χ0n) is 12.6. The maximum atomic E-state index is 5.15. The minimum absolute atomic E-state index is 0.352. The van der Waals surface area contributed by atoms with Crippen LogP contribution in [0.2, 0.25) is 0 Å². The Labute approximate surface area is 136 Å². The van der Waals surface area contributed by atoms with E-state index in [0.29, 0.717) is 5.11 Å². The van der Waals surface area contributed by atoms with Crippen molar-refractivity contribution in [2.45, 2.75) is 13.8 Å². The lowest BCUT2D eigenvalue weighted by Crippen LogP contribution is -2.29. The largest absolute Gasteiger partial charge is 0.252 e. The highest BCUT2D eigenvalue weighted by Gasteiger charge is 1.98. The molecule has 112 valence electrons. The molecule has 0 heterocycles. The number of nitrogens with one attached hydrogen (secondary N) is 2. The van der Waals surface area contributed by atoms with Crippen LogP contribution in [0.15, 0.2) is 70.9 Å². The van der Waals surface area contributed by atoms with Crippen LogP contribution in [-0.4, -0.2) is 16.5 Å². The van der Waals surface area contributed by atoms with Crippen molar-refractivity contribution in [3.63, 3.8) is 0 Å². The van der Waals surface area contributed by atoms with Crippen molar-refractivity contribution in [2.24, 2.45) is 10.2 Å². The molecule has 0 aliphatic carbocycles. The first-order chi connectivity index (χ1) is 10.7. The normalized spacial score (nSPS) is 11.9. The lowest BCUT2D eigenvalue weighted by Gasteiger charge is -2.06. The molecule has 2 N–H and O–H groups in total. The van der Waals surface area contributed by atoms with Crippen LogP contribution in [0.1, 0.15) is 25.0 Å². The third-order valence-electron chi connectivity index (χ3n) is 3.03. The van der Waals surface area contributed by atoms with Crippen LogP contribution in [0, 0.1) is 0 Å². The molecule has 5 heteroatoms. The van der Waals surface area contributed by atoms with Gasteiger partial charge in [-0.1, -0.05) is 60.7 Å². The third kappa shape index (κ3) is 4.79. The summed E-state index contributed by atoms with van der Waals surface area (Å²) in [4.78, 5) is 0. The van der Waals surface area contributed by atoms with Gasteiger partial charge >= 0.3 is 0 Å². The van der Waals surface area contributed by atoms with Crippen molar-refractivity contribution >= 4 is 28.8 Å². The highest BCUT2D eigenvalue weighted by Crippen LogP contribution is 2.00. The van der Waals surface area contributed by atoms with E-state index in [9.17, 15) is 0 Å². The molecule has 0 bridgehead atoms. The van der Waals surface area contributed by atoms with Crippen molar-refractivity contribution in [3.8, 4) is 0 Å². The van der Waals surface area contributed by atoms with Crippen LogP contribution in [0.3, 0.4) is 0 Å². The minimum atomic E-state index is 0.352. The SMILES string of the molecule is C/C(=N/NC(=S)N/N=C(/C)c1ccccc1)c1ccccc1. The topological polar surface area (TPSA) is 48.8 Å². The second-order valence-electron chi connectivity index (χ2n) is 4.68. The molecule has 0 aliphatic rings. The Morgan fingerprint density at radius 3 is 1.45 bits per heavy atom. The first-order valence-electron chi connectivity index (χ1n) is 6.92. The van der Waals surface area contributed by atoms with Gasteiger partial charge in [-0.05, 0) is 37.2 Å². The molecule has 0 aromatic heterocycles. The van der Waals surface area contributed by atoms with Gasteiger partial charge in [0.05, 0.1) is 11.4 Å². The molecule has 0 aliphatic heterocycles. The molecule has 0 radical (unpaired) electrons. The summed E-state index contributed by atoms with van der Waals surface area (Å²) in [6, 6.07) is 19.8. The molecule has 0 atom stereocenters. The first-order valence-corrected chi connectivity index (χ1v) is 7.33. The zero-order chi connectivity index (χ0) is 15.8. The van der Waals surface area contributed by atoms with Gasteiger partial charge in [0.15, 0.2) is 0 Å². The Hall–Kier alpha value is -2.53. The summed E-state index contributed by atoms with van der Waals surface area (Å²) in [7, 11) is 0. The van der Waals surface area contributed by atoms with Gasteiger partial charge in [-0.25, -0.2) is 0 Å². The number of rotatable bonds is 4. The Morgan fingerprint density at radius 2 is 1.09 bits per heavy atom. The summed E-state index contributed by atoms with van der Waals surface area (Å²) in [5, 5.41) is 8.83. The van der Waals surface area contributed by atoms with Gasteiger partial charge in [0.25, 0.3) is 0 Å². The molecule has 22 heavy (non-hydrogen) atoms. The molecule has 2 aromatic rings. The van der Waals surface area contributed by atoms with Crippen molar-refractivity contribution in [1.29, 1.82) is 0 Å². The van der Waals surface area contributed by atoms with Crippen LogP contribution in [0.25, 0.3) is 0 Å². The smallest absolute Gasteiger partial charge is 0.207 e. The molecule has 0 saturated carbocycles. The van der Waals surface area contributed by atoms with Gasteiger partial charge in [-0.3, -0.25) is 10.9 Å². The molecule has 4 nitrogen and oxygen atoms in total. The molecule has 2 aromatic carbocycles. The predicted molar refractivity (Wildman–Crippen MR) is 96.2 cm³/mol. The highest BCUT2D eigenvalue weighted by atomic mass is 32.1. The Balaban J connectivity index is 1.91. The molecule has 0 saturated heterocycles. The molecular formula is C17H18N4S. The van der Waals surface area contributed by atoms with E-state index in [1.165, 1.54) is 0 Å². The van der Waals surface area contributed by atoms with Crippen molar-refractivity contribution in [3.05, 3.63) is 71.8 Å².